The van der Waals surface area contributed by atoms with Gasteiger partial charge in [0.1, 0.15) is 5.60 Å². The molecule has 0 radical (unpaired) electrons. The van der Waals surface area contributed by atoms with Gasteiger partial charge in [-0.2, -0.15) is 0 Å². The molecule has 4 bridgehead atoms. The van der Waals surface area contributed by atoms with Crippen LogP contribution in [0.15, 0.2) is 0 Å². The molecule has 0 aliphatic heterocycles. The molecule has 4 heteroatoms. The van der Waals surface area contributed by atoms with E-state index in [-0.39, 0.29) is 17.5 Å². The number of hydrogen-bond acceptors (Lipinski definition) is 4. The summed E-state index contributed by atoms with van der Waals surface area (Å²) in [5, 5.41) is 0. The van der Waals surface area contributed by atoms with Crippen LogP contribution in [0.2, 0.25) is 0 Å². The van der Waals surface area contributed by atoms with Crippen molar-refractivity contribution in [3.8, 4) is 0 Å². The van der Waals surface area contributed by atoms with Crippen molar-refractivity contribution in [3.63, 3.8) is 0 Å². The molecule has 0 N–H and O–H groups in total. The van der Waals surface area contributed by atoms with Crippen LogP contribution in [0.25, 0.3) is 0 Å². The minimum atomic E-state index is -0.432. The molecule has 4 fully saturated rings. The number of carbonyl (C=O) groups excluding carboxylic acids is 2. The van der Waals surface area contributed by atoms with Gasteiger partial charge in [0.15, 0.2) is 0 Å². The molecule has 2 atom stereocenters. The van der Waals surface area contributed by atoms with Gasteiger partial charge in [-0.05, 0) is 82.5 Å². The van der Waals surface area contributed by atoms with Gasteiger partial charge in [-0.1, -0.05) is 27.7 Å². The van der Waals surface area contributed by atoms with Gasteiger partial charge >= 0.3 is 11.9 Å². The molecule has 4 rings (SSSR count). The Labute approximate surface area is 177 Å². The lowest BCUT2D eigenvalue weighted by Crippen LogP contribution is -2.64. The second-order valence-corrected chi connectivity index (χ2v) is 11.5. The van der Waals surface area contributed by atoms with Gasteiger partial charge in [0.25, 0.3) is 0 Å². The Morgan fingerprint density at radius 1 is 1.07 bits per heavy atom. The van der Waals surface area contributed by atoms with Crippen molar-refractivity contribution in [2.45, 2.75) is 105 Å². The second kappa shape index (κ2) is 8.23. The highest BCUT2D eigenvalue weighted by Crippen LogP contribution is 2.66. The highest BCUT2D eigenvalue weighted by molar-refractivity contribution is 5.75. The van der Waals surface area contributed by atoms with Crippen LogP contribution in [-0.2, 0) is 19.1 Å². The van der Waals surface area contributed by atoms with Crippen LogP contribution in [0.3, 0.4) is 0 Å². The quantitative estimate of drug-likeness (QED) is 0.352. The maximum atomic E-state index is 12.8. The molecule has 0 heterocycles. The van der Waals surface area contributed by atoms with Gasteiger partial charge in [0.2, 0.25) is 0 Å². The van der Waals surface area contributed by atoms with Crippen molar-refractivity contribution in [1.82, 2.24) is 0 Å². The SMILES string of the molecule is CCC(C)(C)C(=O)OCCCCC(=O)OC1(C(C)C)C2CC3CC1CC(C)(C3)C2. The maximum absolute atomic E-state index is 12.8. The van der Waals surface area contributed by atoms with E-state index < -0.39 is 5.41 Å². The van der Waals surface area contributed by atoms with E-state index in [1.54, 1.807) is 0 Å². The van der Waals surface area contributed by atoms with Crippen molar-refractivity contribution in [2.75, 3.05) is 6.61 Å². The first-order valence-electron chi connectivity index (χ1n) is 11.9. The van der Waals surface area contributed by atoms with Gasteiger partial charge in [-0.3, -0.25) is 9.59 Å². The number of rotatable bonds is 9. The predicted molar refractivity (Wildman–Crippen MR) is 114 cm³/mol. The first-order valence-corrected chi connectivity index (χ1v) is 11.9. The fourth-order valence-electron chi connectivity index (χ4n) is 6.74. The average molecular weight is 407 g/mol. The van der Waals surface area contributed by atoms with Crippen molar-refractivity contribution in [2.24, 2.45) is 34.5 Å². The largest absolute Gasteiger partial charge is 0.465 e. The van der Waals surface area contributed by atoms with Crippen molar-refractivity contribution >= 4 is 11.9 Å². The Morgan fingerprint density at radius 2 is 1.69 bits per heavy atom. The first-order chi connectivity index (χ1) is 13.5. The summed E-state index contributed by atoms with van der Waals surface area (Å²) in [6, 6.07) is 0. The number of hydrogen-bond donors (Lipinski definition) is 0. The molecule has 4 aliphatic rings. The summed E-state index contributed by atoms with van der Waals surface area (Å²) in [6.45, 7) is 13.1. The number of unbranched alkanes of at least 4 members (excludes halogenated alkanes) is 1. The molecule has 4 nitrogen and oxygen atoms in total. The zero-order valence-corrected chi connectivity index (χ0v) is 19.5. The molecule has 0 saturated heterocycles. The van der Waals surface area contributed by atoms with Gasteiger partial charge in [-0.15, -0.1) is 0 Å². The van der Waals surface area contributed by atoms with E-state index in [0.29, 0.717) is 49.0 Å². The summed E-state index contributed by atoms with van der Waals surface area (Å²) in [5.74, 6) is 2.05. The molecule has 2 unspecified atom stereocenters. The summed E-state index contributed by atoms with van der Waals surface area (Å²) in [7, 11) is 0. The molecule has 4 saturated carbocycles. The summed E-state index contributed by atoms with van der Waals surface area (Å²) >= 11 is 0. The fraction of sp³-hybridized carbons (Fsp3) is 0.920. The lowest BCUT2D eigenvalue weighted by molar-refractivity contribution is -0.238. The predicted octanol–water partition coefficient (Wildman–Crippen LogP) is 5.92. The summed E-state index contributed by atoms with van der Waals surface area (Å²) in [5.41, 5.74) is -0.221. The molecule has 29 heavy (non-hydrogen) atoms. The molecule has 0 aromatic heterocycles. The molecule has 0 spiro atoms. The Balaban J connectivity index is 1.50. The van der Waals surface area contributed by atoms with Gasteiger partial charge in [0, 0.05) is 18.3 Å². The minimum absolute atomic E-state index is 0.0588. The zero-order valence-electron chi connectivity index (χ0n) is 19.5. The number of ether oxygens (including phenoxy) is 2. The van der Waals surface area contributed by atoms with Crippen LogP contribution < -0.4 is 0 Å². The lowest BCUT2D eigenvalue weighted by atomic mass is 9.43. The van der Waals surface area contributed by atoms with Crippen LogP contribution >= 0.6 is 0 Å². The highest BCUT2D eigenvalue weighted by Gasteiger charge is 2.63. The lowest BCUT2D eigenvalue weighted by Gasteiger charge is -2.65. The highest BCUT2D eigenvalue weighted by atomic mass is 16.6. The van der Waals surface area contributed by atoms with E-state index in [9.17, 15) is 9.59 Å². The molecule has 166 valence electrons. The van der Waals surface area contributed by atoms with E-state index in [1.807, 2.05) is 20.8 Å². The third kappa shape index (κ3) is 4.37. The van der Waals surface area contributed by atoms with E-state index in [2.05, 4.69) is 20.8 Å². The summed E-state index contributed by atoms with van der Waals surface area (Å²) in [6.07, 6.45) is 8.88. The van der Waals surface area contributed by atoms with E-state index in [1.165, 1.54) is 32.1 Å². The zero-order chi connectivity index (χ0) is 21.4. The molecule has 0 aromatic carbocycles. The van der Waals surface area contributed by atoms with Crippen LogP contribution in [0.5, 0.6) is 0 Å². The van der Waals surface area contributed by atoms with Gasteiger partial charge in [0.05, 0.1) is 12.0 Å². The Hall–Kier alpha value is -1.06. The topological polar surface area (TPSA) is 52.6 Å². The normalized spacial score (nSPS) is 35.8. The van der Waals surface area contributed by atoms with Crippen LogP contribution in [0, 0.1) is 34.5 Å². The number of esters is 2. The summed E-state index contributed by atoms with van der Waals surface area (Å²) < 4.78 is 11.8. The molecule has 4 aliphatic carbocycles. The maximum Gasteiger partial charge on any atom is 0.311 e. The molecule has 0 aromatic rings. The standard InChI is InChI=1S/C25H42O4/c1-7-23(4,5)22(27)28-11-9-8-10-21(26)29-25(17(2)3)19-12-18-13-20(25)16-24(6,14-18)15-19/h17-20H,7-16H2,1-6H3. The van der Waals surface area contributed by atoms with E-state index in [4.69, 9.17) is 9.47 Å². The fourth-order valence-corrected chi connectivity index (χ4v) is 6.74. The van der Waals surface area contributed by atoms with Crippen LogP contribution in [0.4, 0.5) is 0 Å². The third-order valence-electron chi connectivity index (χ3n) is 8.41. The number of carbonyl (C=O) groups is 2. The van der Waals surface area contributed by atoms with Crippen molar-refractivity contribution in [1.29, 1.82) is 0 Å². The van der Waals surface area contributed by atoms with Crippen LogP contribution in [0.1, 0.15) is 99.3 Å². The van der Waals surface area contributed by atoms with E-state index in [0.717, 1.165) is 12.3 Å². The van der Waals surface area contributed by atoms with E-state index >= 15 is 0 Å². The average Bonchev–Trinajstić information content (AvgIpc) is 2.62. The van der Waals surface area contributed by atoms with Gasteiger partial charge in [-0.25, -0.2) is 0 Å². The Bertz CT molecular complexity index is 604. The van der Waals surface area contributed by atoms with Crippen LogP contribution in [-0.4, -0.2) is 24.1 Å². The molecular formula is C25H42O4. The minimum Gasteiger partial charge on any atom is -0.465 e. The Morgan fingerprint density at radius 3 is 2.21 bits per heavy atom. The summed E-state index contributed by atoms with van der Waals surface area (Å²) in [4.78, 5) is 24.8. The molecular weight excluding hydrogens is 364 g/mol. The smallest absolute Gasteiger partial charge is 0.311 e. The third-order valence-corrected chi connectivity index (χ3v) is 8.41. The van der Waals surface area contributed by atoms with Crippen molar-refractivity contribution in [3.05, 3.63) is 0 Å². The monoisotopic (exact) mass is 406 g/mol. The van der Waals surface area contributed by atoms with Crippen molar-refractivity contribution < 1.29 is 19.1 Å². The van der Waals surface area contributed by atoms with Gasteiger partial charge < -0.3 is 9.47 Å². The molecule has 0 amide bonds. The second-order valence-electron chi connectivity index (χ2n) is 11.5. The first kappa shape index (κ1) is 22.6. The Kier molecular flexibility index (Phi) is 6.42.